The van der Waals surface area contributed by atoms with E-state index in [-0.39, 0.29) is 0 Å². The smallest absolute Gasteiger partial charge is 0.0781 e. The maximum atomic E-state index is 3.24. The molecular formula is C14H14S. The second-order valence-electron chi connectivity index (χ2n) is 3.55. The summed E-state index contributed by atoms with van der Waals surface area (Å²) in [5.41, 5.74) is 0. The molecule has 0 radical (unpaired) electrons. The Balaban J connectivity index is 2.17. The van der Waals surface area contributed by atoms with Crippen LogP contribution in [-0.4, -0.2) is 0 Å². The number of thiophene rings is 1. The van der Waals surface area contributed by atoms with Gasteiger partial charge >= 0.3 is 0 Å². The summed E-state index contributed by atoms with van der Waals surface area (Å²) in [5, 5.41) is 1.31. The highest BCUT2D eigenvalue weighted by Gasteiger charge is 1.96. The lowest BCUT2D eigenvalue weighted by Gasteiger charge is -1.82. The minimum atomic E-state index is 1.02. The van der Waals surface area contributed by atoms with Crippen molar-refractivity contribution in [2.75, 3.05) is 0 Å². The highest BCUT2D eigenvalue weighted by Crippen LogP contribution is 2.24. The van der Waals surface area contributed by atoms with Gasteiger partial charge in [0, 0.05) is 11.1 Å². The van der Waals surface area contributed by atoms with Gasteiger partial charge in [-0.25, -0.2) is 0 Å². The van der Waals surface area contributed by atoms with Crippen molar-refractivity contribution in [2.24, 2.45) is 0 Å². The predicted molar refractivity (Wildman–Crippen MR) is 68.2 cm³/mol. The van der Waals surface area contributed by atoms with Gasteiger partial charge in [-0.05, 0) is 23.9 Å². The van der Waals surface area contributed by atoms with E-state index in [4.69, 9.17) is 0 Å². The maximum absolute atomic E-state index is 3.24. The Labute approximate surface area is 94.9 Å². The van der Waals surface area contributed by atoms with E-state index in [9.17, 15) is 0 Å². The number of rotatable bonds is 2. The van der Waals surface area contributed by atoms with E-state index in [1.807, 2.05) is 0 Å². The molecule has 1 heteroatoms. The lowest BCUT2D eigenvalue weighted by Crippen LogP contribution is -1.67. The first-order chi connectivity index (χ1) is 7.40. The van der Waals surface area contributed by atoms with E-state index in [0.717, 1.165) is 6.42 Å². The molecule has 2 aromatic rings. The number of hydrogen-bond donors (Lipinski definition) is 0. The van der Waals surface area contributed by atoms with Gasteiger partial charge in [-0.1, -0.05) is 43.4 Å². The summed E-state index contributed by atoms with van der Waals surface area (Å²) in [6.07, 6.45) is 3.45. The van der Waals surface area contributed by atoms with Crippen molar-refractivity contribution in [3.8, 4) is 11.8 Å². The average Bonchev–Trinajstić information content (AvgIpc) is 2.67. The Morgan fingerprint density at radius 1 is 1.27 bits per heavy atom. The van der Waals surface area contributed by atoms with Crippen LogP contribution in [0.1, 0.15) is 31.1 Å². The van der Waals surface area contributed by atoms with Gasteiger partial charge in [0.2, 0.25) is 0 Å². The number of fused-ring (bicyclic) bond motifs is 1. The Hall–Kier alpha value is -1.26. The van der Waals surface area contributed by atoms with Crippen molar-refractivity contribution >= 4 is 21.4 Å². The van der Waals surface area contributed by atoms with E-state index in [1.165, 1.54) is 27.8 Å². The average molecular weight is 214 g/mol. The fourth-order valence-corrected chi connectivity index (χ4v) is 2.40. The molecule has 0 atom stereocenters. The highest BCUT2D eigenvalue weighted by molar-refractivity contribution is 7.19. The van der Waals surface area contributed by atoms with Gasteiger partial charge in [-0.3, -0.25) is 0 Å². The lowest BCUT2D eigenvalue weighted by molar-refractivity contribution is 0.828. The van der Waals surface area contributed by atoms with Crippen LogP contribution in [0.4, 0.5) is 0 Å². The van der Waals surface area contributed by atoms with Gasteiger partial charge in [0.1, 0.15) is 0 Å². The summed E-state index contributed by atoms with van der Waals surface area (Å²) in [6, 6.07) is 10.6. The minimum absolute atomic E-state index is 1.02. The van der Waals surface area contributed by atoms with E-state index in [2.05, 4.69) is 49.1 Å². The highest BCUT2D eigenvalue weighted by atomic mass is 32.1. The first-order valence-corrected chi connectivity index (χ1v) is 6.19. The molecule has 0 spiro atoms. The second-order valence-corrected chi connectivity index (χ2v) is 4.64. The van der Waals surface area contributed by atoms with E-state index < -0.39 is 0 Å². The van der Waals surface area contributed by atoms with Gasteiger partial charge in [0.05, 0.1) is 4.88 Å². The zero-order valence-corrected chi connectivity index (χ0v) is 9.73. The molecule has 0 nitrogen and oxygen atoms in total. The first kappa shape index (κ1) is 10.3. The Morgan fingerprint density at radius 3 is 2.93 bits per heavy atom. The topological polar surface area (TPSA) is 0 Å². The second kappa shape index (κ2) is 5.00. The molecule has 0 aliphatic rings. The first-order valence-electron chi connectivity index (χ1n) is 5.37. The fraction of sp³-hybridized carbons (Fsp3) is 0.286. The van der Waals surface area contributed by atoms with Crippen molar-refractivity contribution < 1.29 is 0 Å². The molecular weight excluding hydrogens is 200 g/mol. The quantitative estimate of drug-likeness (QED) is 0.512. The number of unbranched alkanes of at least 4 members (excludes halogenated alkanes) is 2. The zero-order valence-electron chi connectivity index (χ0n) is 8.92. The van der Waals surface area contributed by atoms with Gasteiger partial charge in [0.25, 0.3) is 0 Å². The molecule has 0 N–H and O–H groups in total. The third kappa shape index (κ3) is 2.61. The Kier molecular flexibility index (Phi) is 3.42. The molecule has 0 aliphatic carbocycles. The number of hydrogen-bond acceptors (Lipinski definition) is 1. The van der Waals surface area contributed by atoms with Crippen molar-refractivity contribution in [1.29, 1.82) is 0 Å². The largest absolute Gasteiger partial charge is 0.127 e. The predicted octanol–water partition coefficient (Wildman–Crippen LogP) is 4.44. The van der Waals surface area contributed by atoms with Crippen LogP contribution in [0.2, 0.25) is 0 Å². The monoisotopic (exact) mass is 214 g/mol. The van der Waals surface area contributed by atoms with Gasteiger partial charge in [-0.2, -0.15) is 0 Å². The maximum Gasteiger partial charge on any atom is 0.0781 e. The molecule has 0 saturated heterocycles. The van der Waals surface area contributed by atoms with Crippen LogP contribution >= 0.6 is 11.3 Å². The molecule has 1 heterocycles. The third-order valence-corrected chi connectivity index (χ3v) is 3.32. The zero-order chi connectivity index (χ0) is 10.5. The SMILES string of the molecule is CCCCC#Cc1cc2ccccc2s1. The summed E-state index contributed by atoms with van der Waals surface area (Å²) in [6.45, 7) is 2.20. The summed E-state index contributed by atoms with van der Waals surface area (Å²) in [4.78, 5) is 1.19. The molecule has 0 aliphatic heterocycles. The van der Waals surface area contributed by atoms with Crippen LogP contribution in [0.15, 0.2) is 30.3 Å². The molecule has 1 aromatic carbocycles. The number of benzene rings is 1. The summed E-state index contributed by atoms with van der Waals surface area (Å²) in [5.74, 6) is 6.46. The van der Waals surface area contributed by atoms with Crippen LogP contribution in [0, 0.1) is 11.8 Å². The third-order valence-electron chi connectivity index (χ3n) is 2.29. The van der Waals surface area contributed by atoms with Gasteiger partial charge in [0.15, 0.2) is 0 Å². The summed E-state index contributed by atoms with van der Waals surface area (Å²) < 4.78 is 1.33. The van der Waals surface area contributed by atoms with Crippen molar-refractivity contribution in [2.45, 2.75) is 26.2 Å². The van der Waals surface area contributed by atoms with Crippen molar-refractivity contribution in [3.05, 3.63) is 35.2 Å². The van der Waals surface area contributed by atoms with E-state index in [1.54, 1.807) is 11.3 Å². The molecule has 15 heavy (non-hydrogen) atoms. The normalized spacial score (nSPS) is 9.93. The molecule has 0 unspecified atom stereocenters. The van der Waals surface area contributed by atoms with Crippen LogP contribution < -0.4 is 0 Å². The van der Waals surface area contributed by atoms with Crippen molar-refractivity contribution in [1.82, 2.24) is 0 Å². The van der Waals surface area contributed by atoms with E-state index in [0.29, 0.717) is 0 Å². The van der Waals surface area contributed by atoms with Crippen LogP contribution in [0.3, 0.4) is 0 Å². The molecule has 1 aromatic heterocycles. The van der Waals surface area contributed by atoms with Crippen LogP contribution in [0.25, 0.3) is 10.1 Å². The summed E-state index contributed by atoms with van der Waals surface area (Å²) >= 11 is 1.78. The van der Waals surface area contributed by atoms with Crippen molar-refractivity contribution in [3.63, 3.8) is 0 Å². The van der Waals surface area contributed by atoms with Crippen LogP contribution in [0.5, 0.6) is 0 Å². The molecule has 0 amide bonds. The molecule has 0 fully saturated rings. The molecule has 76 valence electrons. The Morgan fingerprint density at radius 2 is 2.13 bits per heavy atom. The standard InChI is InChI=1S/C14H14S/c1-2-3-4-5-9-13-11-12-8-6-7-10-14(12)15-13/h6-8,10-11H,2-4H2,1H3. The van der Waals surface area contributed by atoms with E-state index >= 15 is 0 Å². The Bertz CT molecular complexity index is 464. The van der Waals surface area contributed by atoms with Gasteiger partial charge in [-0.15, -0.1) is 11.3 Å². The molecule has 0 bridgehead atoms. The van der Waals surface area contributed by atoms with Gasteiger partial charge < -0.3 is 0 Å². The molecule has 2 rings (SSSR count). The summed E-state index contributed by atoms with van der Waals surface area (Å²) in [7, 11) is 0. The fourth-order valence-electron chi connectivity index (χ4n) is 1.46. The lowest BCUT2D eigenvalue weighted by atomic mass is 10.2. The minimum Gasteiger partial charge on any atom is -0.127 e. The van der Waals surface area contributed by atoms with Crippen LogP contribution in [-0.2, 0) is 0 Å². The molecule has 0 saturated carbocycles.